The maximum absolute atomic E-state index is 13.2. The number of carbonyl (C=O) groups is 4. The highest BCUT2D eigenvalue weighted by atomic mass is 32.1. The molecule has 12 rings (SSSR count). The van der Waals surface area contributed by atoms with E-state index in [0.29, 0.717) is 22.3 Å². The van der Waals surface area contributed by atoms with Crippen LogP contribution < -0.4 is 30.5 Å². The number of benzene rings is 1. The summed E-state index contributed by atoms with van der Waals surface area (Å²) in [6, 6.07) is 24.3. The highest BCUT2D eigenvalue weighted by Crippen LogP contribution is 2.52. The molecule has 2 aliphatic carbocycles. The number of hydrogen-bond donors (Lipinski definition) is 0. The van der Waals surface area contributed by atoms with Gasteiger partial charge in [-0.3, -0.25) is 29.0 Å². The van der Waals surface area contributed by atoms with Crippen LogP contribution in [0.15, 0.2) is 105 Å². The molecule has 0 atom stereocenters. The van der Waals surface area contributed by atoms with E-state index in [4.69, 9.17) is 0 Å². The lowest BCUT2D eigenvalue weighted by atomic mass is 10.1. The third-order valence-electron chi connectivity index (χ3n) is 12.3. The highest BCUT2D eigenvalue weighted by Gasteiger charge is 2.44. The quantitative estimate of drug-likeness (QED) is 0.0972. The molecule has 0 unspecified atom stereocenters. The monoisotopic (exact) mass is 954 g/mol. The third-order valence-corrected chi connectivity index (χ3v) is 26.7. The molecule has 0 saturated heterocycles. The smallest absolute Gasteiger partial charge is 0.198 e. The lowest BCUT2D eigenvalue weighted by molar-refractivity contribution is 0.0975. The van der Waals surface area contributed by atoms with Gasteiger partial charge in [-0.05, 0) is 86.8 Å². The molecule has 1 aromatic carbocycles. The van der Waals surface area contributed by atoms with Crippen molar-refractivity contribution in [2.24, 2.45) is 0 Å². The summed E-state index contributed by atoms with van der Waals surface area (Å²) in [5.74, 6) is -0.764. The van der Waals surface area contributed by atoms with Crippen LogP contribution in [0, 0.1) is 0 Å². The first-order chi connectivity index (χ1) is 29.4. The first kappa shape index (κ1) is 38.0. The van der Waals surface area contributed by atoms with Crippen LogP contribution in [0.4, 0.5) is 30.7 Å². The van der Waals surface area contributed by atoms with Gasteiger partial charge in [-0.1, -0.05) is 44.4 Å². The molecule has 0 bridgehead atoms. The molecule has 0 saturated carbocycles. The molecule has 0 spiro atoms. The van der Waals surface area contributed by atoms with Crippen molar-refractivity contribution in [2.75, 3.05) is 9.80 Å². The standard InChI is InChI=1S/C46H30N2O4S7Si2/c1-60(2)34-8-6-5-7-31(34)47(38-11-9-23(56-38)15-25-40(49)27-19-53-20-28(27)41(25)50)45-36(60)17-32(58-45)33-18-37-46(59-33)48(44-35(13-14-55-44)61(37,3)4)39-12-10-24(57-39)16-26-42(51)29-21-54-22-30(29)43(26)52/h5-22H,1-4H3. The van der Waals surface area contributed by atoms with Gasteiger partial charge in [0.25, 0.3) is 0 Å². The SMILES string of the molecule is C[Si]1(C)c2ccccc2N(c2ccc(C=C3C(=O)c4cscc4C3=O)s2)c2sc(-c3cc4c(s3)N(c3ccc(C=C5C(=O)c6cscc6C5=O)s3)c3sccc3[Si]4(C)C)cc21. The van der Waals surface area contributed by atoms with E-state index in [1.54, 1.807) is 67.7 Å². The van der Waals surface area contributed by atoms with Crippen LogP contribution in [0.2, 0.25) is 26.2 Å². The summed E-state index contributed by atoms with van der Waals surface area (Å²) >= 11 is 11.4. The van der Waals surface area contributed by atoms with Gasteiger partial charge in [0.1, 0.15) is 41.2 Å². The van der Waals surface area contributed by atoms with Crippen molar-refractivity contribution in [3.05, 3.63) is 137 Å². The zero-order valence-electron chi connectivity index (χ0n) is 32.8. The molecular weight excluding hydrogens is 925 g/mol. The molecule has 15 heteroatoms. The molecule has 0 fully saturated rings. The van der Waals surface area contributed by atoms with E-state index < -0.39 is 16.1 Å². The van der Waals surface area contributed by atoms with Crippen LogP contribution in [-0.2, 0) is 0 Å². The first-order valence-electron chi connectivity index (χ1n) is 19.4. The van der Waals surface area contributed by atoms with Crippen LogP contribution in [-0.4, -0.2) is 39.3 Å². The van der Waals surface area contributed by atoms with Crippen molar-refractivity contribution in [1.29, 1.82) is 0 Å². The summed E-state index contributed by atoms with van der Waals surface area (Å²) in [5.41, 5.74) is 3.71. The lowest BCUT2D eigenvalue weighted by Gasteiger charge is -2.38. The Kier molecular flexibility index (Phi) is 8.36. The molecule has 298 valence electrons. The Labute approximate surface area is 380 Å². The molecule has 0 radical (unpaired) electrons. The lowest BCUT2D eigenvalue weighted by Crippen LogP contribution is -2.57. The summed E-state index contributed by atoms with van der Waals surface area (Å²) in [6.07, 6.45) is 3.54. The van der Waals surface area contributed by atoms with E-state index >= 15 is 0 Å². The minimum absolute atomic E-state index is 0.189. The fourth-order valence-corrected chi connectivity index (χ4v) is 24.3. The average molecular weight is 955 g/mol. The molecule has 0 N–H and O–H groups in total. The van der Waals surface area contributed by atoms with Crippen LogP contribution in [0.3, 0.4) is 0 Å². The summed E-state index contributed by atoms with van der Waals surface area (Å²) in [6.45, 7) is 9.80. The Balaban J connectivity index is 0.946. The van der Waals surface area contributed by atoms with E-state index in [0.717, 1.165) is 19.8 Å². The number of allylic oxidation sites excluding steroid dienone is 2. The maximum Gasteiger partial charge on any atom is 0.198 e. The second-order valence-corrected chi connectivity index (χ2v) is 31.7. The van der Waals surface area contributed by atoms with Crippen molar-refractivity contribution in [2.45, 2.75) is 26.2 Å². The normalized spacial score (nSPS) is 16.8. The molecule has 4 aliphatic rings. The van der Waals surface area contributed by atoms with Crippen LogP contribution >= 0.6 is 79.4 Å². The molecule has 61 heavy (non-hydrogen) atoms. The summed E-state index contributed by atoms with van der Waals surface area (Å²) in [7, 11) is -4.24. The Morgan fingerprint density at radius 1 is 0.492 bits per heavy atom. The Morgan fingerprint density at radius 3 is 1.51 bits per heavy atom. The van der Waals surface area contributed by atoms with Crippen LogP contribution in [0.1, 0.15) is 51.2 Å². The van der Waals surface area contributed by atoms with E-state index in [-0.39, 0.29) is 34.3 Å². The van der Waals surface area contributed by atoms with Gasteiger partial charge in [-0.25, -0.2) is 0 Å². The van der Waals surface area contributed by atoms with Crippen molar-refractivity contribution in [3.8, 4) is 9.75 Å². The second kappa shape index (κ2) is 13.4. The number of rotatable bonds is 5. The van der Waals surface area contributed by atoms with Gasteiger partial charge in [-0.2, -0.15) is 22.7 Å². The number of thiophene rings is 7. The minimum Gasteiger partial charge on any atom is -0.293 e. The summed E-state index contributed by atoms with van der Waals surface area (Å²) < 4.78 is 0. The molecule has 7 aromatic heterocycles. The number of anilines is 6. The predicted molar refractivity (Wildman–Crippen MR) is 266 cm³/mol. The van der Waals surface area contributed by atoms with E-state index in [9.17, 15) is 19.2 Å². The topological polar surface area (TPSA) is 74.8 Å². The van der Waals surface area contributed by atoms with Gasteiger partial charge in [0, 0.05) is 69.0 Å². The van der Waals surface area contributed by atoms with Gasteiger partial charge in [0.15, 0.2) is 23.1 Å². The largest absolute Gasteiger partial charge is 0.293 e. The van der Waals surface area contributed by atoms with Crippen molar-refractivity contribution in [3.63, 3.8) is 0 Å². The van der Waals surface area contributed by atoms with E-state index in [1.807, 2.05) is 34.8 Å². The fraction of sp³-hybridized carbons (Fsp3) is 0.0870. The highest BCUT2D eigenvalue weighted by molar-refractivity contribution is 7.31. The van der Waals surface area contributed by atoms with Crippen molar-refractivity contribution < 1.29 is 19.2 Å². The van der Waals surface area contributed by atoms with Crippen LogP contribution in [0.25, 0.3) is 21.9 Å². The zero-order chi connectivity index (χ0) is 41.7. The average Bonchev–Trinajstić information content (AvgIpc) is 4.09. The van der Waals surface area contributed by atoms with Gasteiger partial charge in [0.05, 0.1) is 11.1 Å². The maximum atomic E-state index is 13.2. The molecule has 2 aliphatic heterocycles. The summed E-state index contributed by atoms with van der Waals surface area (Å²) in [5, 5.41) is 20.7. The van der Waals surface area contributed by atoms with Gasteiger partial charge >= 0.3 is 0 Å². The Bertz CT molecular complexity index is 3270. The number of carbonyl (C=O) groups excluding carboxylic acids is 4. The number of ketones is 4. The molecule has 8 aromatic rings. The van der Waals surface area contributed by atoms with E-state index in [1.165, 1.54) is 73.9 Å². The Morgan fingerprint density at radius 2 is 0.967 bits per heavy atom. The third kappa shape index (κ3) is 5.42. The number of Topliss-reactive ketones (excluding diaryl/α,β-unsaturated/α-hetero) is 4. The number of para-hydroxylation sites is 1. The van der Waals surface area contributed by atoms with Gasteiger partial charge in [-0.15, -0.1) is 56.7 Å². The second-order valence-electron chi connectivity index (χ2n) is 16.4. The van der Waals surface area contributed by atoms with Crippen molar-refractivity contribution in [1.82, 2.24) is 0 Å². The van der Waals surface area contributed by atoms with E-state index in [2.05, 4.69) is 96.0 Å². The molecule has 0 amide bonds. The Hall–Kier alpha value is -4.69. The summed E-state index contributed by atoms with van der Waals surface area (Å²) in [4.78, 5) is 61.8. The van der Waals surface area contributed by atoms with Gasteiger partial charge < -0.3 is 0 Å². The zero-order valence-corrected chi connectivity index (χ0v) is 40.5. The molecule has 6 nitrogen and oxygen atoms in total. The molecular formula is C46H30N2O4S7Si2. The predicted octanol–water partition coefficient (Wildman–Crippen LogP) is 11.9. The number of nitrogens with zero attached hydrogens (tertiary/aromatic N) is 2. The molecule has 9 heterocycles. The number of fused-ring (bicyclic) bond motifs is 6. The van der Waals surface area contributed by atoms with Crippen LogP contribution in [0.5, 0.6) is 0 Å². The minimum atomic E-state index is -2.15. The fourth-order valence-electron chi connectivity index (χ4n) is 9.00. The van der Waals surface area contributed by atoms with Gasteiger partial charge in [0.2, 0.25) is 0 Å². The first-order valence-corrected chi connectivity index (χ1v) is 31.4. The number of hydrogen-bond acceptors (Lipinski definition) is 13. The van der Waals surface area contributed by atoms with Crippen molar-refractivity contribution >= 4 is 182 Å².